The van der Waals surface area contributed by atoms with Gasteiger partial charge < -0.3 is 9.47 Å². The van der Waals surface area contributed by atoms with Crippen LogP contribution >= 0.6 is 0 Å². The first-order valence-electron chi connectivity index (χ1n) is 7.08. The maximum atomic E-state index is 10.9. The molecule has 0 fully saturated rings. The molecule has 0 aliphatic rings. The number of nitro benzene ring substituents is 1. The highest BCUT2D eigenvalue weighted by molar-refractivity contribution is 5.83. The minimum Gasteiger partial charge on any atom is -0.493 e. The molecule has 0 saturated carbocycles. The Kier molecular flexibility index (Phi) is 7.21. The molecule has 0 N–H and O–H groups in total. The molecule has 0 saturated heterocycles. The van der Waals surface area contributed by atoms with Gasteiger partial charge >= 0.3 is 0 Å². The summed E-state index contributed by atoms with van der Waals surface area (Å²) < 4.78 is 10.7. The fourth-order valence-corrected chi connectivity index (χ4v) is 1.98. The highest BCUT2D eigenvalue weighted by Gasteiger charge is 2.19. The number of unbranched alkanes of at least 4 members (excludes halogenated alkanes) is 4. The second-order valence-corrected chi connectivity index (χ2v) is 4.70. The molecule has 0 aliphatic heterocycles. The van der Waals surface area contributed by atoms with Crippen molar-refractivity contribution >= 4 is 12.0 Å². The number of nitro groups is 1. The van der Waals surface area contributed by atoms with Crippen LogP contribution in [0, 0.1) is 10.1 Å². The fraction of sp³-hybridized carbons (Fsp3) is 0.533. The van der Waals surface area contributed by atoms with Gasteiger partial charge in [0.15, 0.2) is 17.8 Å². The number of hydrogen-bond acceptors (Lipinski definition) is 5. The second kappa shape index (κ2) is 8.94. The average molecular weight is 295 g/mol. The van der Waals surface area contributed by atoms with Crippen LogP contribution in [0.3, 0.4) is 0 Å². The number of ether oxygens (including phenoxy) is 2. The van der Waals surface area contributed by atoms with Crippen LogP contribution in [-0.4, -0.2) is 24.9 Å². The Morgan fingerprint density at radius 1 is 1.19 bits per heavy atom. The molecule has 1 rings (SSSR count). The summed E-state index contributed by atoms with van der Waals surface area (Å²) in [7, 11) is 1.43. The molecule has 116 valence electrons. The van der Waals surface area contributed by atoms with Gasteiger partial charge in [0.05, 0.1) is 30.3 Å². The van der Waals surface area contributed by atoms with Gasteiger partial charge in [-0.3, -0.25) is 14.9 Å². The molecule has 0 unspecified atom stereocenters. The molecule has 1 aromatic carbocycles. The van der Waals surface area contributed by atoms with Crippen LogP contribution in [0.4, 0.5) is 5.69 Å². The summed E-state index contributed by atoms with van der Waals surface area (Å²) in [4.78, 5) is 21.2. The predicted molar refractivity (Wildman–Crippen MR) is 79.3 cm³/mol. The molecule has 0 spiro atoms. The Balaban J connectivity index is 2.73. The SMILES string of the molecule is CCCCCCCOc1cc([N+](=O)[O-])c(C=O)cc1OC. The molecule has 21 heavy (non-hydrogen) atoms. The summed E-state index contributed by atoms with van der Waals surface area (Å²) in [5.41, 5.74) is -0.293. The van der Waals surface area contributed by atoms with E-state index in [1.165, 1.54) is 32.1 Å². The lowest BCUT2D eigenvalue weighted by molar-refractivity contribution is -0.385. The summed E-state index contributed by atoms with van der Waals surface area (Å²) in [6.45, 7) is 2.62. The van der Waals surface area contributed by atoms with Gasteiger partial charge in [0.1, 0.15) is 0 Å². The molecule has 0 heterocycles. The molecular weight excluding hydrogens is 274 g/mol. The zero-order chi connectivity index (χ0) is 15.7. The molecule has 0 amide bonds. The molecule has 0 aromatic heterocycles. The van der Waals surface area contributed by atoms with Crippen molar-refractivity contribution in [2.45, 2.75) is 39.0 Å². The standard InChI is InChI=1S/C15H21NO5/c1-3-4-5-6-7-8-21-15-10-13(16(18)19)12(11-17)9-14(15)20-2/h9-11H,3-8H2,1-2H3. The number of hydrogen-bond donors (Lipinski definition) is 0. The van der Waals surface area contributed by atoms with E-state index in [4.69, 9.17) is 9.47 Å². The van der Waals surface area contributed by atoms with E-state index in [0.717, 1.165) is 19.3 Å². The maximum Gasteiger partial charge on any atom is 0.283 e. The molecule has 0 aliphatic carbocycles. The van der Waals surface area contributed by atoms with Crippen LogP contribution in [0.5, 0.6) is 11.5 Å². The van der Waals surface area contributed by atoms with Crippen LogP contribution in [-0.2, 0) is 0 Å². The van der Waals surface area contributed by atoms with E-state index in [-0.39, 0.29) is 11.3 Å². The molecule has 0 atom stereocenters. The smallest absolute Gasteiger partial charge is 0.283 e. The summed E-state index contributed by atoms with van der Waals surface area (Å²) >= 11 is 0. The van der Waals surface area contributed by atoms with Crippen LogP contribution < -0.4 is 9.47 Å². The molecule has 6 heteroatoms. The molecular formula is C15H21NO5. The molecule has 6 nitrogen and oxygen atoms in total. The second-order valence-electron chi connectivity index (χ2n) is 4.70. The van der Waals surface area contributed by atoms with E-state index in [2.05, 4.69) is 6.92 Å². The van der Waals surface area contributed by atoms with Gasteiger partial charge in [0.25, 0.3) is 5.69 Å². The van der Waals surface area contributed by atoms with Crippen molar-refractivity contribution in [2.75, 3.05) is 13.7 Å². The van der Waals surface area contributed by atoms with Gasteiger partial charge in [-0.15, -0.1) is 0 Å². The van der Waals surface area contributed by atoms with Crippen molar-refractivity contribution in [1.82, 2.24) is 0 Å². The molecule has 0 bridgehead atoms. The highest BCUT2D eigenvalue weighted by atomic mass is 16.6. The van der Waals surface area contributed by atoms with E-state index in [9.17, 15) is 14.9 Å². The number of carbonyl (C=O) groups is 1. The zero-order valence-electron chi connectivity index (χ0n) is 12.5. The number of rotatable bonds is 10. The third kappa shape index (κ3) is 5.06. The number of methoxy groups -OCH3 is 1. The monoisotopic (exact) mass is 295 g/mol. The Bertz CT molecular complexity index is 487. The summed E-state index contributed by atoms with van der Waals surface area (Å²) in [6, 6.07) is 2.58. The highest BCUT2D eigenvalue weighted by Crippen LogP contribution is 2.34. The van der Waals surface area contributed by atoms with E-state index in [1.54, 1.807) is 0 Å². The number of benzene rings is 1. The third-order valence-electron chi connectivity index (χ3n) is 3.14. The van der Waals surface area contributed by atoms with Gasteiger partial charge in [-0.2, -0.15) is 0 Å². The van der Waals surface area contributed by atoms with E-state index >= 15 is 0 Å². The number of aldehydes is 1. The van der Waals surface area contributed by atoms with Crippen molar-refractivity contribution in [1.29, 1.82) is 0 Å². The van der Waals surface area contributed by atoms with Crippen molar-refractivity contribution in [3.8, 4) is 11.5 Å². The van der Waals surface area contributed by atoms with Crippen molar-refractivity contribution in [3.05, 3.63) is 27.8 Å². The Labute approximate surface area is 124 Å². The van der Waals surface area contributed by atoms with Crippen molar-refractivity contribution in [3.63, 3.8) is 0 Å². The van der Waals surface area contributed by atoms with Crippen molar-refractivity contribution in [2.24, 2.45) is 0 Å². The van der Waals surface area contributed by atoms with E-state index in [1.807, 2.05) is 0 Å². The largest absolute Gasteiger partial charge is 0.493 e. The summed E-state index contributed by atoms with van der Waals surface area (Å²) in [6.07, 6.45) is 5.91. The predicted octanol–water partition coefficient (Wildman–Crippen LogP) is 3.77. The Hall–Kier alpha value is -2.11. The van der Waals surface area contributed by atoms with Crippen LogP contribution in [0.1, 0.15) is 49.4 Å². The Morgan fingerprint density at radius 3 is 2.48 bits per heavy atom. The zero-order valence-corrected chi connectivity index (χ0v) is 12.5. The summed E-state index contributed by atoms with van der Waals surface area (Å²) in [5, 5.41) is 10.9. The van der Waals surface area contributed by atoms with Gasteiger partial charge in [0.2, 0.25) is 0 Å². The van der Waals surface area contributed by atoms with Crippen LogP contribution in [0.15, 0.2) is 12.1 Å². The molecule has 0 radical (unpaired) electrons. The molecule has 1 aromatic rings. The average Bonchev–Trinajstić information content (AvgIpc) is 2.49. The van der Waals surface area contributed by atoms with E-state index in [0.29, 0.717) is 24.4 Å². The lowest BCUT2D eigenvalue weighted by Crippen LogP contribution is -2.02. The van der Waals surface area contributed by atoms with Crippen LogP contribution in [0.25, 0.3) is 0 Å². The van der Waals surface area contributed by atoms with Gasteiger partial charge in [-0.05, 0) is 6.42 Å². The maximum absolute atomic E-state index is 10.9. The van der Waals surface area contributed by atoms with E-state index < -0.39 is 4.92 Å². The first-order valence-corrected chi connectivity index (χ1v) is 7.08. The number of carbonyl (C=O) groups excluding carboxylic acids is 1. The van der Waals surface area contributed by atoms with Gasteiger partial charge in [-0.1, -0.05) is 32.6 Å². The van der Waals surface area contributed by atoms with Crippen LogP contribution in [0.2, 0.25) is 0 Å². The topological polar surface area (TPSA) is 78.7 Å². The first-order chi connectivity index (χ1) is 10.1. The lowest BCUT2D eigenvalue weighted by atomic mass is 10.1. The quantitative estimate of drug-likeness (QED) is 0.284. The number of nitrogens with zero attached hydrogens (tertiary/aromatic N) is 1. The summed E-state index contributed by atoms with van der Waals surface area (Å²) in [5.74, 6) is 0.626. The lowest BCUT2D eigenvalue weighted by Gasteiger charge is -2.11. The first kappa shape index (κ1) is 16.9. The fourth-order valence-electron chi connectivity index (χ4n) is 1.98. The van der Waals surface area contributed by atoms with Gasteiger partial charge in [-0.25, -0.2) is 0 Å². The minimum atomic E-state index is -0.600. The third-order valence-corrected chi connectivity index (χ3v) is 3.14. The normalized spacial score (nSPS) is 10.2. The van der Waals surface area contributed by atoms with Crippen molar-refractivity contribution < 1.29 is 19.2 Å². The minimum absolute atomic E-state index is 0.0212. The van der Waals surface area contributed by atoms with Gasteiger partial charge in [0, 0.05) is 6.07 Å². The Morgan fingerprint density at radius 2 is 1.90 bits per heavy atom.